The Morgan fingerprint density at radius 3 is 2.65 bits per heavy atom. The number of nitrogens with zero attached hydrogens (tertiary/aromatic N) is 2. The van der Waals surface area contributed by atoms with E-state index < -0.39 is 0 Å². The third-order valence-corrected chi connectivity index (χ3v) is 3.27. The molecule has 20 heavy (non-hydrogen) atoms. The van der Waals surface area contributed by atoms with Crippen LogP contribution in [0.25, 0.3) is 0 Å². The van der Waals surface area contributed by atoms with Gasteiger partial charge in [0.15, 0.2) is 5.82 Å². The maximum absolute atomic E-state index is 11.8. The summed E-state index contributed by atoms with van der Waals surface area (Å²) in [5.74, 6) is 1.71. The van der Waals surface area contributed by atoms with E-state index in [-0.39, 0.29) is 30.6 Å². The summed E-state index contributed by atoms with van der Waals surface area (Å²) in [6.45, 7) is 5.57. The van der Waals surface area contributed by atoms with Crippen molar-refractivity contribution >= 4 is 6.03 Å². The molecule has 1 fully saturated rings. The molecule has 7 heteroatoms. The predicted octanol–water partition coefficient (Wildman–Crippen LogP) is 1.32. The SMILES string of the molecule is CC(CO)NC(=O)NC(c1nc(C2CC2)no1)C(C)C. The molecular formula is C13H22N4O3. The molecule has 1 heterocycles. The molecule has 0 aliphatic heterocycles. The van der Waals surface area contributed by atoms with Crippen molar-refractivity contribution in [2.75, 3.05) is 6.61 Å². The minimum absolute atomic E-state index is 0.105. The van der Waals surface area contributed by atoms with Crippen LogP contribution in [0, 0.1) is 5.92 Å². The van der Waals surface area contributed by atoms with Crippen LogP contribution in [-0.2, 0) is 0 Å². The van der Waals surface area contributed by atoms with Crippen molar-refractivity contribution in [3.63, 3.8) is 0 Å². The van der Waals surface area contributed by atoms with Crippen LogP contribution in [0.15, 0.2) is 4.52 Å². The molecular weight excluding hydrogens is 260 g/mol. The smallest absolute Gasteiger partial charge is 0.315 e. The van der Waals surface area contributed by atoms with Crippen LogP contribution < -0.4 is 10.6 Å². The number of hydrogen-bond donors (Lipinski definition) is 3. The second-order valence-corrected chi connectivity index (χ2v) is 5.69. The lowest BCUT2D eigenvalue weighted by atomic mass is 10.0. The van der Waals surface area contributed by atoms with Crippen molar-refractivity contribution in [2.24, 2.45) is 5.92 Å². The molecule has 2 rings (SSSR count). The van der Waals surface area contributed by atoms with Crippen LogP contribution in [0.4, 0.5) is 4.79 Å². The van der Waals surface area contributed by atoms with E-state index in [4.69, 9.17) is 9.63 Å². The van der Waals surface area contributed by atoms with Gasteiger partial charge in [-0.15, -0.1) is 0 Å². The summed E-state index contributed by atoms with van der Waals surface area (Å²) < 4.78 is 5.27. The zero-order valence-electron chi connectivity index (χ0n) is 12.1. The van der Waals surface area contributed by atoms with Gasteiger partial charge in [-0.05, 0) is 25.7 Å². The molecule has 1 aliphatic rings. The van der Waals surface area contributed by atoms with Gasteiger partial charge in [0.2, 0.25) is 5.89 Å². The molecule has 0 radical (unpaired) electrons. The Kier molecular flexibility index (Phi) is 4.59. The summed E-state index contributed by atoms with van der Waals surface area (Å²) in [6, 6.07) is -0.982. The second-order valence-electron chi connectivity index (χ2n) is 5.69. The van der Waals surface area contributed by atoms with Gasteiger partial charge in [0, 0.05) is 5.92 Å². The van der Waals surface area contributed by atoms with Crippen LogP contribution in [0.2, 0.25) is 0 Å². The summed E-state index contributed by atoms with van der Waals surface area (Å²) >= 11 is 0. The largest absolute Gasteiger partial charge is 0.394 e. The van der Waals surface area contributed by atoms with Crippen LogP contribution in [0.5, 0.6) is 0 Å². The number of aliphatic hydroxyl groups excluding tert-OH is 1. The van der Waals surface area contributed by atoms with Gasteiger partial charge in [-0.2, -0.15) is 4.98 Å². The molecule has 2 atom stereocenters. The molecule has 1 aromatic rings. The number of rotatable bonds is 6. The second kappa shape index (κ2) is 6.21. The minimum Gasteiger partial charge on any atom is -0.394 e. The zero-order chi connectivity index (χ0) is 14.7. The fraction of sp³-hybridized carbons (Fsp3) is 0.769. The highest BCUT2D eigenvalue weighted by Crippen LogP contribution is 2.38. The monoisotopic (exact) mass is 282 g/mol. The van der Waals surface area contributed by atoms with Crippen molar-refractivity contribution in [1.82, 2.24) is 20.8 Å². The summed E-state index contributed by atoms with van der Waals surface area (Å²) in [5.41, 5.74) is 0. The van der Waals surface area contributed by atoms with Crippen molar-refractivity contribution in [1.29, 1.82) is 0 Å². The van der Waals surface area contributed by atoms with E-state index in [2.05, 4.69) is 20.8 Å². The molecule has 112 valence electrons. The lowest BCUT2D eigenvalue weighted by Gasteiger charge is -2.20. The Bertz CT molecular complexity index is 456. The van der Waals surface area contributed by atoms with Gasteiger partial charge in [-0.25, -0.2) is 4.79 Å². The Hall–Kier alpha value is -1.63. The van der Waals surface area contributed by atoms with Crippen molar-refractivity contribution < 1.29 is 14.4 Å². The molecule has 1 aliphatic carbocycles. The molecule has 0 spiro atoms. The molecule has 0 aromatic carbocycles. The van der Waals surface area contributed by atoms with Crippen molar-refractivity contribution in [3.8, 4) is 0 Å². The number of aliphatic hydroxyl groups is 1. The normalized spacial score (nSPS) is 17.9. The number of carbonyl (C=O) groups is 1. The first-order valence-corrected chi connectivity index (χ1v) is 7.02. The first kappa shape index (κ1) is 14.8. The Morgan fingerprint density at radius 2 is 2.10 bits per heavy atom. The van der Waals surface area contributed by atoms with Gasteiger partial charge in [-0.1, -0.05) is 19.0 Å². The molecule has 1 aromatic heterocycles. The molecule has 2 unspecified atom stereocenters. The molecule has 3 N–H and O–H groups in total. The number of nitrogens with one attached hydrogen (secondary N) is 2. The third kappa shape index (κ3) is 3.69. The first-order valence-electron chi connectivity index (χ1n) is 7.02. The number of amides is 2. The van der Waals surface area contributed by atoms with Gasteiger partial charge in [0.1, 0.15) is 6.04 Å². The highest BCUT2D eigenvalue weighted by molar-refractivity contribution is 5.74. The maximum Gasteiger partial charge on any atom is 0.315 e. The van der Waals surface area contributed by atoms with Gasteiger partial charge in [0.25, 0.3) is 0 Å². The predicted molar refractivity (Wildman–Crippen MR) is 72.1 cm³/mol. The lowest BCUT2D eigenvalue weighted by Crippen LogP contribution is -2.44. The van der Waals surface area contributed by atoms with Crippen molar-refractivity contribution in [3.05, 3.63) is 11.7 Å². The molecule has 7 nitrogen and oxygen atoms in total. The topological polar surface area (TPSA) is 100 Å². The van der Waals surface area contributed by atoms with Gasteiger partial charge < -0.3 is 20.3 Å². The number of carbonyl (C=O) groups excluding carboxylic acids is 1. The zero-order valence-corrected chi connectivity index (χ0v) is 12.1. The van der Waals surface area contributed by atoms with E-state index >= 15 is 0 Å². The van der Waals surface area contributed by atoms with E-state index in [1.165, 1.54) is 0 Å². The minimum atomic E-state index is -0.351. The summed E-state index contributed by atoms with van der Waals surface area (Å²) in [6.07, 6.45) is 2.21. The molecule has 2 amide bonds. The van der Waals surface area contributed by atoms with Crippen LogP contribution >= 0.6 is 0 Å². The van der Waals surface area contributed by atoms with Crippen LogP contribution in [0.3, 0.4) is 0 Å². The molecule has 1 saturated carbocycles. The van der Waals surface area contributed by atoms with E-state index in [9.17, 15) is 4.79 Å². The fourth-order valence-corrected chi connectivity index (χ4v) is 1.85. The van der Waals surface area contributed by atoms with Crippen LogP contribution in [-0.4, -0.2) is 33.9 Å². The van der Waals surface area contributed by atoms with Gasteiger partial charge in [0.05, 0.1) is 12.6 Å². The number of hydrogen-bond acceptors (Lipinski definition) is 5. The fourth-order valence-electron chi connectivity index (χ4n) is 1.85. The lowest BCUT2D eigenvalue weighted by molar-refractivity contribution is 0.209. The quantitative estimate of drug-likeness (QED) is 0.730. The average molecular weight is 282 g/mol. The average Bonchev–Trinajstić information content (AvgIpc) is 3.14. The number of urea groups is 1. The highest BCUT2D eigenvalue weighted by atomic mass is 16.5. The molecule has 0 bridgehead atoms. The standard InChI is InChI=1S/C13H22N4O3/c1-7(2)10(15-13(19)14-8(3)6-18)12-16-11(17-20-12)9-4-5-9/h7-10,18H,4-6H2,1-3H3,(H2,14,15,19). The summed E-state index contributed by atoms with van der Waals surface area (Å²) in [7, 11) is 0. The summed E-state index contributed by atoms with van der Waals surface area (Å²) in [5, 5.41) is 18.3. The Labute approximate surface area is 118 Å². The first-order chi connectivity index (χ1) is 9.51. The Morgan fingerprint density at radius 1 is 1.40 bits per heavy atom. The van der Waals surface area contributed by atoms with Gasteiger partial charge in [-0.3, -0.25) is 0 Å². The highest BCUT2D eigenvalue weighted by Gasteiger charge is 2.31. The molecule has 0 saturated heterocycles. The maximum atomic E-state index is 11.8. The van der Waals surface area contributed by atoms with E-state index in [0.717, 1.165) is 18.7 Å². The Balaban J connectivity index is 2.00. The van der Waals surface area contributed by atoms with Crippen molar-refractivity contribution in [2.45, 2.75) is 51.6 Å². The van der Waals surface area contributed by atoms with Crippen LogP contribution in [0.1, 0.15) is 57.3 Å². The van der Waals surface area contributed by atoms with E-state index in [1.807, 2.05) is 13.8 Å². The van der Waals surface area contributed by atoms with E-state index in [1.54, 1.807) is 6.92 Å². The van der Waals surface area contributed by atoms with E-state index in [0.29, 0.717) is 11.8 Å². The number of aromatic nitrogens is 2. The third-order valence-electron chi connectivity index (χ3n) is 3.27. The van der Waals surface area contributed by atoms with Gasteiger partial charge >= 0.3 is 6.03 Å². The summed E-state index contributed by atoms with van der Waals surface area (Å²) in [4.78, 5) is 16.2.